The quantitative estimate of drug-likeness (QED) is 0.673. The minimum Gasteiger partial charge on any atom is -0.334 e. The van der Waals surface area contributed by atoms with Gasteiger partial charge in [-0.2, -0.15) is 5.10 Å². The lowest BCUT2D eigenvalue weighted by atomic mass is 10.3. The third kappa shape index (κ3) is 3.45. The summed E-state index contributed by atoms with van der Waals surface area (Å²) in [6, 6.07) is 1.11. The number of hydrogen-bond acceptors (Lipinski definition) is 4. The van der Waals surface area contributed by atoms with Crippen LogP contribution >= 0.6 is 0 Å². The highest BCUT2D eigenvalue weighted by Gasteiger charge is 2.28. The van der Waals surface area contributed by atoms with E-state index in [-0.39, 0.29) is 23.6 Å². The van der Waals surface area contributed by atoms with Crippen LogP contribution in [0.3, 0.4) is 0 Å². The van der Waals surface area contributed by atoms with E-state index in [0.717, 1.165) is 5.69 Å². The van der Waals surface area contributed by atoms with Crippen LogP contribution < -0.4 is 10.6 Å². The first kappa shape index (κ1) is 11.9. The first-order valence-corrected chi connectivity index (χ1v) is 7.10. The zero-order valence-corrected chi connectivity index (χ0v) is 9.96. The van der Waals surface area contributed by atoms with E-state index in [4.69, 9.17) is 0 Å². The summed E-state index contributed by atoms with van der Waals surface area (Å²) < 4.78 is 22.4. The summed E-state index contributed by atoms with van der Waals surface area (Å²) in [6.07, 6.45) is 2.08. The predicted molar refractivity (Wildman–Crippen MR) is 61.0 cm³/mol. The van der Waals surface area contributed by atoms with Crippen molar-refractivity contribution in [3.05, 3.63) is 18.0 Å². The van der Waals surface area contributed by atoms with Crippen LogP contribution in [0.4, 0.5) is 4.79 Å². The van der Waals surface area contributed by atoms with Crippen molar-refractivity contribution in [3.63, 3.8) is 0 Å². The molecule has 1 aromatic heterocycles. The molecule has 2 amide bonds. The Kier molecular flexibility index (Phi) is 3.32. The van der Waals surface area contributed by atoms with Crippen molar-refractivity contribution in [2.75, 3.05) is 11.5 Å². The van der Waals surface area contributed by atoms with Crippen LogP contribution in [-0.4, -0.2) is 42.2 Å². The molecule has 8 heteroatoms. The molecule has 3 N–H and O–H groups in total. The number of aromatic nitrogens is 2. The Morgan fingerprint density at radius 1 is 1.59 bits per heavy atom. The van der Waals surface area contributed by atoms with E-state index < -0.39 is 9.84 Å². The molecule has 0 aromatic carbocycles. The summed E-state index contributed by atoms with van der Waals surface area (Å²) in [4.78, 5) is 11.5. The summed E-state index contributed by atoms with van der Waals surface area (Å²) in [5, 5.41) is 11.7. The Labute approximate surface area is 98.9 Å². The number of nitrogens with one attached hydrogen (secondary N) is 3. The van der Waals surface area contributed by atoms with Crippen molar-refractivity contribution < 1.29 is 13.2 Å². The van der Waals surface area contributed by atoms with E-state index in [1.165, 1.54) is 0 Å². The fourth-order valence-electron chi connectivity index (χ4n) is 1.70. The van der Waals surface area contributed by atoms with Gasteiger partial charge < -0.3 is 10.6 Å². The normalized spacial score (nSPS) is 22.2. The van der Waals surface area contributed by atoms with Crippen molar-refractivity contribution in [2.24, 2.45) is 0 Å². The van der Waals surface area contributed by atoms with Gasteiger partial charge in [0.1, 0.15) is 0 Å². The van der Waals surface area contributed by atoms with Crippen LogP contribution in [0.15, 0.2) is 12.3 Å². The van der Waals surface area contributed by atoms with Crippen molar-refractivity contribution in [1.82, 2.24) is 20.8 Å². The number of hydrogen-bond donors (Lipinski definition) is 3. The minimum absolute atomic E-state index is 0.0322. The fraction of sp³-hybridized carbons (Fsp3) is 0.556. The second-order valence-electron chi connectivity index (χ2n) is 4.01. The third-order valence-corrected chi connectivity index (χ3v) is 4.33. The molecule has 2 heterocycles. The molecule has 0 radical (unpaired) electrons. The van der Waals surface area contributed by atoms with Gasteiger partial charge in [0, 0.05) is 12.2 Å². The van der Waals surface area contributed by atoms with Crippen LogP contribution in [0.2, 0.25) is 0 Å². The van der Waals surface area contributed by atoms with Crippen LogP contribution in [0.1, 0.15) is 12.1 Å². The molecule has 1 aromatic rings. The average molecular weight is 258 g/mol. The number of rotatable bonds is 3. The van der Waals surface area contributed by atoms with E-state index in [9.17, 15) is 13.2 Å². The SMILES string of the molecule is O=C(NCc1ccn[nH]1)N[C@@H]1CCS(=O)(=O)C1. The van der Waals surface area contributed by atoms with E-state index >= 15 is 0 Å². The number of sulfone groups is 1. The van der Waals surface area contributed by atoms with E-state index in [1.54, 1.807) is 12.3 Å². The Bertz CT molecular complexity index is 482. The monoisotopic (exact) mass is 258 g/mol. The van der Waals surface area contributed by atoms with Crippen LogP contribution in [0.5, 0.6) is 0 Å². The van der Waals surface area contributed by atoms with Gasteiger partial charge in [0.2, 0.25) is 0 Å². The Balaban J connectivity index is 1.75. The molecular weight excluding hydrogens is 244 g/mol. The van der Waals surface area contributed by atoms with Gasteiger partial charge in [0.15, 0.2) is 9.84 Å². The van der Waals surface area contributed by atoms with Gasteiger partial charge in [-0.3, -0.25) is 5.10 Å². The molecule has 0 unspecified atom stereocenters. The standard InChI is InChI=1S/C9H14N4O3S/c14-9(10-5-7-1-3-11-13-7)12-8-2-4-17(15,16)6-8/h1,3,8H,2,4-6H2,(H,11,13)(H2,10,12,14)/t8-/m1/s1. The lowest BCUT2D eigenvalue weighted by Gasteiger charge is -2.11. The van der Waals surface area contributed by atoms with Gasteiger partial charge in [-0.1, -0.05) is 0 Å². The number of urea groups is 1. The largest absolute Gasteiger partial charge is 0.334 e. The number of carbonyl (C=O) groups excluding carboxylic acids is 1. The highest BCUT2D eigenvalue weighted by Crippen LogP contribution is 2.10. The molecule has 0 bridgehead atoms. The molecule has 1 atom stereocenters. The Hall–Kier alpha value is -1.57. The zero-order chi connectivity index (χ0) is 12.3. The number of nitrogens with zero attached hydrogens (tertiary/aromatic N) is 1. The van der Waals surface area contributed by atoms with Crippen molar-refractivity contribution in [1.29, 1.82) is 0 Å². The third-order valence-electron chi connectivity index (χ3n) is 2.57. The van der Waals surface area contributed by atoms with E-state index in [2.05, 4.69) is 20.8 Å². The maximum Gasteiger partial charge on any atom is 0.315 e. The Morgan fingerprint density at radius 3 is 3.00 bits per heavy atom. The van der Waals surface area contributed by atoms with Crippen molar-refractivity contribution >= 4 is 15.9 Å². The lowest BCUT2D eigenvalue weighted by Crippen LogP contribution is -2.42. The second-order valence-corrected chi connectivity index (χ2v) is 6.24. The van der Waals surface area contributed by atoms with Gasteiger partial charge in [0.05, 0.1) is 23.7 Å². The summed E-state index contributed by atoms with van der Waals surface area (Å²) in [7, 11) is -2.96. The van der Waals surface area contributed by atoms with Crippen LogP contribution in [0, 0.1) is 0 Å². The topological polar surface area (TPSA) is 104 Å². The first-order valence-electron chi connectivity index (χ1n) is 5.28. The highest BCUT2D eigenvalue weighted by molar-refractivity contribution is 7.91. The summed E-state index contributed by atoms with van der Waals surface area (Å²) in [6.45, 7) is 0.339. The molecule has 1 aliphatic heterocycles. The number of H-pyrrole nitrogens is 1. The minimum atomic E-state index is -2.96. The molecule has 1 saturated heterocycles. The molecule has 0 spiro atoms. The summed E-state index contributed by atoms with van der Waals surface area (Å²) >= 11 is 0. The van der Waals surface area contributed by atoms with E-state index in [0.29, 0.717) is 13.0 Å². The van der Waals surface area contributed by atoms with Crippen molar-refractivity contribution in [2.45, 2.75) is 19.0 Å². The molecule has 1 fully saturated rings. The summed E-state index contributed by atoms with van der Waals surface area (Å²) in [5.74, 6) is 0.184. The molecule has 2 rings (SSSR count). The molecule has 0 saturated carbocycles. The van der Waals surface area contributed by atoms with Gasteiger partial charge >= 0.3 is 6.03 Å². The maximum absolute atomic E-state index is 11.5. The molecule has 1 aliphatic rings. The van der Waals surface area contributed by atoms with Gasteiger partial charge in [0.25, 0.3) is 0 Å². The number of aromatic amines is 1. The highest BCUT2D eigenvalue weighted by atomic mass is 32.2. The number of amides is 2. The fourth-order valence-corrected chi connectivity index (χ4v) is 3.38. The second kappa shape index (κ2) is 4.74. The van der Waals surface area contributed by atoms with Gasteiger partial charge in [-0.15, -0.1) is 0 Å². The van der Waals surface area contributed by atoms with E-state index in [1.807, 2.05) is 0 Å². The summed E-state index contributed by atoms with van der Waals surface area (Å²) in [5.41, 5.74) is 0.791. The van der Waals surface area contributed by atoms with Crippen molar-refractivity contribution in [3.8, 4) is 0 Å². The average Bonchev–Trinajstić information content (AvgIpc) is 2.85. The number of carbonyl (C=O) groups is 1. The van der Waals surface area contributed by atoms with Crippen LogP contribution in [0.25, 0.3) is 0 Å². The first-order chi connectivity index (χ1) is 8.05. The molecule has 94 valence electrons. The van der Waals surface area contributed by atoms with Crippen LogP contribution in [-0.2, 0) is 16.4 Å². The zero-order valence-electron chi connectivity index (χ0n) is 9.14. The lowest BCUT2D eigenvalue weighted by molar-refractivity contribution is 0.237. The molecule has 17 heavy (non-hydrogen) atoms. The van der Waals surface area contributed by atoms with Gasteiger partial charge in [-0.25, -0.2) is 13.2 Å². The smallest absolute Gasteiger partial charge is 0.315 e. The van der Waals surface area contributed by atoms with Gasteiger partial charge in [-0.05, 0) is 12.5 Å². The molecule has 0 aliphatic carbocycles. The molecular formula is C9H14N4O3S. The Morgan fingerprint density at radius 2 is 2.41 bits per heavy atom. The maximum atomic E-state index is 11.5. The molecule has 7 nitrogen and oxygen atoms in total. The predicted octanol–water partition coefficient (Wildman–Crippen LogP) is -0.604.